The molecule has 2 aromatic rings. The summed E-state index contributed by atoms with van der Waals surface area (Å²) >= 11 is 0. The van der Waals surface area contributed by atoms with Gasteiger partial charge < -0.3 is 10.5 Å². The van der Waals surface area contributed by atoms with E-state index in [4.69, 9.17) is 9.92 Å². The summed E-state index contributed by atoms with van der Waals surface area (Å²) in [6.07, 6.45) is 4.43. The van der Waals surface area contributed by atoms with Gasteiger partial charge in [-0.25, -0.2) is 4.98 Å². The van der Waals surface area contributed by atoms with E-state index in [1.54, 1.807) is 0 Å². The maximum atomic E-state index is 12.6. The van der Waals surface area contributed by atoms with Crippen LogP contribution in [-0.2, 0) is 20.7 Å². The molecule has 162 valence electrons. The monoisotopic (exact) mass is 439 g/mol. The average molecular weight is 439 g/mol. The van der Waals surface area contributed by atoms with E-state index in [1.807, 2.05) is 13.0 Å². The Kier molecular flexibility index (Phi) is 5.39. The first-order valence-corrected chi connectivity index (χ1v) is 11.6. The minimum Gasteiger partial charge on any atom is -0.431 e. The molecule has 0 saturated heterocycles. The fraction of sp³-hybridized carbons (Fsp3) is 0.500. The molecule has 2 aliphatic carbocycles. The molecule has 2 aromatic heterocycles. The lowest BCUT2D eigenvalue weighted by molar-refractivity contribution is -0.0494. The smallest absolute Gasteiger partial charge is 0.387 e. The summed E-state index contributed by atoms with van der Waals surface area (Å²) < 4.78 is 57.6. The van der Waals surface area contributed by atoms with Crippen LogP contribution in [0.1, 0.15) is 36.9 Å². The molecular weight excluding hydrogens is 416 g/mol. The van der Waals surface area contributed by atoms with Gasteiger partial charge in [-0.15, -0.1) is 0 Å². The van der Waals surface area contributed by atoms with Crippen molar-refractivity contribution in [2.24, 2.45) is 11.8 Å². The summed E-state index contributed by atoms with van der Waals surface area (Å²) in [5, 5.41) is 0. The van der Waals surface area contributed by atoms with E-state index < -0.39 is 16.7 Å². The number of pyridine rings is 2. The highest BCUT2D eigenvalue weighted by Crippen LogP contribution is 2.64. The zero-order valence-corrected chi connectivity index (χ0v) is 17.4. The number of hydrogen-bond donors (Lipinski definition) is 1. The molecular formula is C20H23F2N3O4S. The number of rotatable bonds is 7. The number of nitrogens with zero attached hydrogens (tertiary/aromatic N) is 2. The second-order valence-electron chi connectivity index (χ2n) is 7.86. The summed E-state index contributed by atoms with van der Waals surface area (Å²) in [6, 6.07) is 5.41. The van der Waals surface area contributed by atoms with Crippen LogP contribution < -0.4 is 10.5 Å². The van der Waals surface area contributed by atoms with E-state index in [0.717, 1.165) is 17.5 Å². The Morgan fingerprint density at radius 3 is 2.53 bits per heavy atom. The minimum absolute atomic E-state index is 0.112. The van der Waals surface area contributed by atoms with Crippen molar-refractivity contribution in [3.05, 3.63) is 35.7 Å². The van der Waals surface area contributed by atoms with Crippen molar-refractivity contribution < 1.29 is 26.1 Å². The summed E-state index contributed by atoms with van der Waals surface area (Å²) in [5.41, 5.74) is 8.78. The van der Waals surface area contributed by atoms with Gasteiger partial charge in [-0.2, -0.15) is 17.2 Å². The fourth-order valence-corrected chi connectivity index (χ4v) is 5.18. The Hall–Kier alpha value is -2.33. The molecule has 2 fully saturated rings. The molecule has 7 nitrogen and oxygen atoms in total. The van der Waals surface area contributed by atoms with Crippen molar-refractivity contribution in [2.75, 3.05) is 12.0 Å². The van der Waals surface area contributed by atoms with Gasteiger partial charge in [0.1, 0.15) is 0 Å². The molecule has 10 heteroatoms. The van der Waals surface area contributed by atoms with Crippen LogP contribution in [0.2, 0.25) is 0 Å². The molecule has 2 unspecified atom stereocenters. The van der Waals surface area contributed by atoms with E-state index in [0.29, 0.717) is 48.3 Å². The largest absolute Gasteiger partial charge is 0.431 e. The summed E-state index contributed by atoms with van der Waals surface area (Å²) in [5.74, 6) is 0.768. The molecule has 30 heavy (non-hydrogen) atoms. The van der Waals surface area contributed by atoms with Crippen molar-refractivity contribution in [1.29, 1.82) is 0 Å². The normalized spacial score (nSPS) is 25.4. The highest BCUT2D eigenvalue weighted by atomic mass is 32.2. The minimum atomic E-state index is -3.45. The highest BCUT2D eigenvalue weighted by molar-refractivity contribution is 7.86. The number of anilines is 1. The van der Waals surface area contributed by atoms with Crippen LogP contribution in [0, 0.1) is 11.8 Å². The number of alkyl halides is 2. The van der Waals surface area contributed by atoms with Crippen molar-refractivity contribution in [3.63, 3.8) is 0 Å². The Bertz CT molecular complexity index is 1050. The van der Waals surface area contributed by atoms with Gasteiger partial charge in [0.25, 0.3) is 10.1 Å². The van der Waals surface area contributed by atoms with Gasteiger partial charge >= 0.3 is 6.61 Å². The van der Waals surface area contributed by atoms with E-state index in [1.165, 1.54) is 12.3 Å². The van der Waals surface area contributed by atoms with Crippen LogP contribution in [0.4, 0.5) is 14.6 Å². The number of ether oxygens (including phenoxy) is 1. The Morgan fingerprint density at radius 1 is 1.23 bits per heavy atom. The zero-order valence-electron chi connectivity index (χ0n) is 16.6. The SMILES string of the molecule is CCc1cc(C2C3CC(OS(C)(=O)=O)CC32)cc(-c2cnc(N)c(OC(F)F)c2)n1. The van der Waals surface area contributed by atoms with Gasteiger partial charge in [0.05, 0.1) is 18.1 Å². The lowest BCUT2D eigenvalue weighted by Crippen LogP contribution is -2.16. The van der Waals surface area contributed by atoms with Gasteiger partial charge in [-0.05, 0) is 60.8 Å². The van der Waals surface area contributed by atoms with E-state index in [9.17, 15) is 17.2 Å². The Morgan fingerprint density at radius 2 is 1.93 bits per heavy atom. The maximum absolute atomic E-state index is 12.6. The molecule has 0 aromatic carbocycles. The first-order valence-electron chi connectivity index (χ1n) is 9.74. The van der Waals surface area contributed by atoms with E-state index in [-0.39, 0.29) is 17.7 Å². The van der Waals surface area contributed by atoms with Crippen molar-refractivity contribution in [1.82, 2.24) is 9.97 Å². The number of aromatic nitrogens is 2. The van der Waals surface area contributed by atoms with Crippen LogP contribution in [0.25, 0.3) is 11.3 Å². The molecule has 2 N–H and O–H groups in total. The number of fused-ring (bicyclic) bond motifs is 1. The molecule has 0 spiro atoms. The first kappa shape index (κ1) is 20.9. The maximum Gasteiger partial charge on any atom is 0.387 e. The first-order chi connectivity index (χ1) is 14.1. The predicted octanol–water partition coefficient (Wildman–Crippen LogP) is 3.36. The molecule has 2 atom stereocenters. The number of nitrogen functional groups attached to an aromatic ring is 1. The van der Waals surface area contributed by atoms with Crippen LogP contribution in [0.15, 0.2) is 24.4 Å². The second-order valence-corrected chi connectivity index (χ2v) is 9.46. The third-order valence-corrected chi connectivity index (χ3v) is 6.38. The van der Waals surface area contributed by atoms with E-state index in [2.05, 4.69) is 20.8 Å². The topological polar surface area (TPSA) is 104 Å². The summed E-state index contributed by atoms with van der Waals surface area (Å²) in [7, 11) is -3.45. The van der Waals surface area contributed by atoms with Gasteiger partial charge in [0.15, 0.2) is 11.6 Å². The number of aryl methyl sites for hydroxylation is 1. The molecule has 0 radical (unpaired) electrons. The number of nitrogens with two attached hydrogens (primary N) is 1. The zero-order chi connectivity index (χ0) is 21.6. The number of halogens is 2. The van der Waals surface area contributed by atoms with E-state index >= 15 is 0 Å². The van der Waals surface area contributed by atoms with Crippen LogP contribution in [0.5, 0.6) is 5.75 Å². The van der Waals surface area contributed by atoms with Crippen molar-refractivity contribution >= 4 is 15.9 Å². The van der Waals surface area contributed by atoms with Crippen LogP contribution in [0.3, 0.4) is 0 Å². The third-order valence-electron chi connectivity index (χ3n) is 5.75. The van der Waals surface area contributed by atoms with Crippen molar-refractivity contribution in [2.45, 2.75) is 44.8 Å². The van der Waals surface area contributed by atoms with Gasteiger partial charge in [-0.3, -0.25) is 9.17 Å². The van der Waals surface area contributed by atoms with Crippen molar-refractivity contribution in [3.8, 4) is 17.0 Å². The Balaban J connectivity index is 1.58. The fourth-order valence-electron chi connectivity index (χ4n) is 4.53. The molecule has 2 heterocycles. The quantitative estimate of drug-likeness (QED) is 0.660. The third kappa shape index (κ3) is 4.39. The highest BCUT2D eigenvalue weighted by Gasteiger charge is 2.57. The van der Waals surface area contributed by atoms with Gasteiger partial charge in [0, 0.05) is 17.5 Å². The lowest BCUT2D eigenvalue weighted by atomic mass is 9.99. The van der Waals surface area contributed by atoms with Gasteiger partial charge in [0.2, 0.25) is 0 Å². The Labute approximate surface area is 173 Å². The number of hydrogen-bond acceptors (Lipinski definition) is 7. The predicted molar refractivity (Wildman–Crippen MR) is 107 cm³/mol. The molecule has 2 saturated carbocycles. The molecule has 0 bridgehead atoms. The lowest BCUT2D eigenvalue weighted by Gasteiger charge is -2.15. The molecule has 4 rings (SSSR count). The summed E-state index contributed by atoms with van der Waals surface area (Å²) in [4.78, 5) is 8.57. The molecule has 2 aliphatic rings. The van der Waals surface area contributed by atoms with Gasteiger partial charge in [-0.1, -0.05) is 6.92 Å². The average Bonchev–Trinajstić information content (AvgIpc) is 3.17. The van der Waals surface area contributed by atoms with Crippen LogP contribution >= 0.6 is 0 Å². The second kappa shape index (κ2) is 7.73. The van der Waals surface area contributed by atoms with Crippen LogP contribution in [-0.4, -0.2) is 37.4 Å². The molecule has 0 amide bonds. The summed E-state index contributed by atoms with van der Waals surface area (Å²) in [6.45, 7) is -1.01. The molecule has 0 aliphatic heterocycles. The standard InChI is InChI=1S/C20H23F2N3O4S/c1-3-12-4-10(18-14-7-13(8-15(14)18)29-30(2,26)27)5-16(25-12)11-6-17(28-20(21)22)19(23)24-9-11/h4-6,9,13-15,18,20H,3,7-8H2,1-2H3,(H2,23,24).